The monoisotopic (exact) mass is 182 g/mol. The Morgan fingerprint density at radius 2 is 2.31 bits per heavy atom. The molecule has 3 atom stereocenters. The number of carbonyl (C=O) groups is 2. The summed E-state index contributed by atoms with van der Waals surface area (Å²) in [6, 6.07) is 0. The second-order valence-corrected chi connectivity index (χ2v) is 3.92. The molecule has 13 heavy (non-hydrogen) atoms. The lowest BCUT2D eigenvalue weighted by molar-refractivity contribution is -0.121. The van der Waals surface area contributed by atoms with E-state index in [0.29, 0.717) is 18.9 Å². The smallest absolute Gasteiger partial charge is 0.164 e. The Bertz CT molecular complexity index is 224. The van der Waals surface area contributed by atoms with Crippen LogP contribution in [0.3, 0.4) is 0 Å². The SMILES string of the molecule is O=CCC[C@@H]1CC[C@@H]2OCC(=O)[C@H]12. The Balaban J connectivity index is 1.97. The van der Waals surface area contributed by atoms with Gasteiger partial charge in [-0.1, -0.05) is 0 Å². The van der Waals surface area contributed by atoms with E-state index in [9.17, 15) is 9.59 Å². The lowest BCUT2D eigenvalue weighted by Gasteiger charge is -2.13. The molecule has 2 fully saturated rings. The van der Waals surface area contributed by atoms with Crippen molar-refractivity contribution in [2.24, 2.45) is 11.8 Å². The summed E-state index contributed by atoms with van der Waals surface area (Å²) in [5.74, 6) is 0.767. The first-order chi connectivity index (χ1) is 6.33. The molecular weight excluding hydrogens is 168 g/mol. The normalized spacial score (nSPS) is 37.8. The Morgan fingerprint density at radius 1 is 1.46 bits per heavy atom. The van der Waals surface area contributed by atoms with Crippen molar-refractivity contribution in [2.45, 2.75) is 31.8 Å². The zero-order chi connectivity index (χ0) is 9.26. The minimum Gasteiger partial charge on any atom is -0.370 e. The van der Waals surface area contributed by atoms with E-state index in [0.717, 1.165) is 25.5 Å². The third kappa shape index (κ3) is 1.53. The van der Waals surface area contributed by atoms with Gasteiger partial charge in [0.1, 0.15) is 12.9 Å². The number of hydrogen-bond acceptors (Lipinski definition) is 3. The fourth-order valence-electron chi connectivity index (χ4n) is 2.59. The highest BCUT2D eigenvalue weighted by atomic mass is 16.5. The van der Waals surface area contributed by atoms with Gasteiger partial charge in [-0.3, -0.25) is 4.79 Å². The van der Waals surface area contributed by atoms with Crippen LogP contribution in [0.15, 0.2) is 0 Å². The summed E-state index contributed by atoms with van der Waals surface area (Å²) in [5, 5.41) is 0. The minimum atomic E-state index is 0.111. The second-order valence-electron chi connectivity index (χ2n) is 3.92. The van der Waals surface area contributed by atoms with Gasteiger partial charge < -0.3 is 9.53 Å². The van der Waals surface area contributed by atoms with E-state index in [2.05, 4.69) is 0 Å². The molecule has 2 rings (SSSR count). The van der Waals surface area contributed by atoms with Gasteiger partial charge in [0, 0.05) is 12.3 Å². The summed E-state index contributed by atoms with van der Waals surface area (Å²) < 4.78 is 5.36. The van der Waals surface area contributed by atoms with Crippen molar-refractivity contribution in [1.29, 1.82) is 0 Å². The molecule has 0 aromatic heterocycles. The molecule has 1 saturated heterocycles. The number of Topliss-reactive ketones (excluding diaryl/α,β-unsaturated/α-hetero) is 1. The molecule has 0 aromatic carbocycles. The maximum absolute atomic E-state index is 11.4. The highest BCUT2D eigenvalue weighted by molar-refractivity contribution is 5.85. The predicted octanol–water partition coefficient (Wildman–Crippen LogP) is 0.960. The van der Waals surface area contributed by atoms with Crippen LogP contribution in [0.5, 0.6) is 0 Å². The molecule has 1 aliphatic heterocycles. The summed E-state index contributed by atoms with van der Waals surface area (Å²) in [7, 11) is 0. The largest absolute Gasteiger partial charge is 0.370 e. The van der Waals surface area contributed by atoms with Crippen molar-refractivity contribution in [2.75, 3.05) is 6.61 Å². The highest BCUT2D eigenvalue weighted by Crippen LogP contribution is 2.40. The van der Waals surface area contributed by atoms with Gasteiger partial charge in [-0.05, 0) is 25.2 Å². The van der Waals surface area contributed by atoms with Crippen LogP contribution in [0.25, 0.3) is 0 Å². The predicted molar refractivity (Wildman–Crippen MR) is 46.3 cm³/mol. The van der Waals surface area contributed by atoms with E-state index < -0.39 is 0 Å². The average molecular weight is 182 g/mol. The number of aldehydes is 1. The molecule has 0 radical (unpaired) electrons. The topological polar surface area (TPSA) is 43.4 Å². The molecule has 72 valence electrons. The molecule has 0 bridgehead atoms. The fourth-order valence-corrected chi connectivity index (χ4v) is 2.59. The van der Waals surface area contributed by atoms with Gasteiger partial charge in [0.25, 0.3) is 0 Å². The van der Waals surface area contributed by atoms with Crippen molar-refractivity contribution in [3.63, 3.8) is 0 Å². The van der Waals surface area contributed by atoms with Crippen LogP contribution in [-0.2, 0) is 14.3 Å². The fraction of sp³-hybridized carbons (Fsp3) is 0.800. The molecule has 0 unspecified atom stereocenters. The third-order valence-corrected chi connectivity index (χ3v) is 3.20. The molecule has 0 N–H and O–H groups in total. The quantitative estimate of drug-likeness (QED) is 0.610. The minimum absolute atomic E-state index is 0.111. The van der Waals surface area contributed by atoms with E-state index >= 15 is 0 Å². The van der Waals surface area contributed by atoms with Gasteiger partial charge in [-0.25, -0.2) is 0 Å². The average Bonchev–Trinajstić information content (AvgIpc) is 2.67. The van der Waals surface area contributed by atoms with Crippen LogP contribution >= 0.6 is 0 Å². The zero-order valence-electron chi connectivity index (χ0n) is 7.57. The maximum Gasteiger partial charge on any atom is 0.164 e. The number of ketones is 1. The van der Waals surface area contributed by atoms with Crippen molar-refractivity contribution in [3.8, 4) is 0 Å². The molecule has 3 nitrogen and oxygen atoms in total. The van der Waals surface area contributed by atoms with Gasteiger partial charge in [-0.2, -0.15) is 0 Å². The Kier molecular flexibility index (Phi) is 2.44. The summed E-state index contributed by atoms with van der Waals surface area (Å²) in [6.07, 6.45) is 4.60. The number of rotatable bonds is 3. The van der Waals surface area contributed by atoms with Crippen molar-refractivity contribution >= 4 is 12.1 Å². The lowest BCUT2D eigenvalue weighted by atomic mass is 9.89. The molecule has 3 heteroatoms. The van der Waals surface area contributed by atoms with Crippen LogP contribution in [0, 0.1) is 11.8 Å². The van der Waals surface area contributed by atoms with Gasteiger partial charge in [-0.15, -0.1) is 0 Å². The van der Waals surface area contributed by atoms with Crippen LogP contribution in [0.4, 0.5) is 0 Å². The first-order valence-corrected chi connectivity index (χ1v) is 4.91. The molecule has 0 aromatic rings. The molecule has 0 amide bonds. The van der Waals surface area contributed by atoms with Crippen LogP contribution in [0.1, 0.15) is 25.7 Å². The van der Waals surface area contributed by atoms with Crippen molar-refractivity contribution < 1.29 is 14.3 Å². The number of ether oxygens (including phenoxy) is 1. The van der Waals surface area contributed by atoms with Gasteiger partial charge >= 0.3 is 0 Å². The Hall–Kier alpha value is -0.700. The third-order valence-electron chi connectivity index (χ3n) is 3.20. The number of hydrogen-bond donors (Lipinski definition) is 0. The summed E-state index contributed by atoms with van der Waals surface area (Å²) in [5.41, 5.74) is 0. The van der Waals surface area contributed by atoms with Crippen molar-refractivity contribution in [3.05, 3.63) is 0 Å². The first kappa shape index (κ1) is 8.88. The lowest BCUT2D eigenvalue weighted by Crippen LogP contribution is -2.21. The number of fused-ring (bicyclic) bond motifs is 1. The van der Waals surface area contributed by atoms with E-state index in [1.54, 1.807) is 0 Å². The molecule has 1 heterocycles. The Morgan fingerprint density at radius 3 is 3.08 bits per heavy atom. The van der Waals surface area contributed by atoms with E-state index in [4.69, 9.17) is 4.74 Å². The van der Waals surface area contributed by atoms with Crippen LogP contribution < -0.4 is 0 Å². The van der Waals surface area contributed by atoms with E-state index in [-0.39, 0.29) is 17.8 Å². The van der Waals surface area contributed by atoms with Crippen molar-refractivity contribution in [1.82, 2.24) is 0 Å². The van der Waals surface area contributed by atoms with Gasteiger partial charge in [0.15, 0.2) is 5.78 Å². The Labute approximate surface area is 77.4 Å². The van der Waals surface area contributed by atoms with E-state index in [1.807, 2.05) is 0 Å². The molecule has 2 aliphatic rings. The first-order valence-electron chi connectivity index (χ1n) is 4.91. The van der Waals surface area contributed by atoms with Crippen LogP contribution in [0.2, 0.25) is 0 Å². The summed E-state index contributed by atoms with van der Waals surface area (Å²) in [6.45, 7) is 0.299. The molecule has 0 spiro atoms. The van der Waals surface area contributed by atoms with Gasteiger partial charge in [0.05, 0.1) is 6.10 Å². The summed E-state index contributed by atoms with van der Waals surface area (Å²) in [4.78, 5) is 21.6. The highest BCUT2D eigenvalue weighted by Gasteiger charge is 2.45. The maximum atomic E-state index is 11.4. The molecule has 1 aliphatic carbocycles. The van der Waals surface area contributed by atoms with E-state index in [1.165, 1.54) is 0 Å². The standard InChI is InChI=1S/C10H14O3/c11-5-1-2-7-3-4-9-10(7)8(12)6-13-9/h5,7,9-10H,1-4,6H2/t7-,9+,10+/m1/s1. The van der Waals surface area contributed by atoms with Crippen LogP contribution in [-0.4, -0.2) is 24.8 Å². The second kappa shape index (κ2) is 3.58. The zero-order valence-corrected chi connectivity index (χ0v) is 7.57. The van der Waals surface area contributed by atoms with Gasteiger partial charge in [0.2, 0.25) is 0 Å². The number of carbonyl (C=O) groups excluding carboxylic acids is 2. The summed E-state index contributed by atoms with van der Waals surface area (Å²) >= 11 is 0. The molecular formula is C10H14O3. The molecule has 1 saturated carbocycles.